The van der Waals surface area contributed by atoms with Gasteiger partial charge in [-0.15, -0.1) is 0 Å². The molecule has 4 atom stereocenters. The molecule has 0 saturated carbocycles. The molecule has 1 aromatic rings. The zero-order valence-electron chi connectivity index (χ0n) is 25.0. The first-order chi connectivity index (χ1) is 18.7. The Hall–Kier alpha value is -2.48. The van der Waals surface area contributed by atoms with E-state index in [4.69, 9.17) is 9.16 Å². The normalized spacial score (nSPS) is 21.3. The van der Waals surface area contributed by atoms with Crippen LogP contribution in [-0.4, -0.2) is 73.5 Å². The molecule has 1 unspecified atom stereocenters. The van der Waals surface area contributed by atoms with Crippen LogP contribution in [0.15, 0.2) is 15.8 Å². The molecular formula is C27H48N4O8Si. The summed E-state index contributed by atoms with van der Waals surface area (Å²) in [5.74, 6) is -0.204. The molecule has 0 radical (unpaired) electrons. The highest BCUT2D eigenvalue weighted by atomic mass is 28.4. The van der Waals surface area contributed by atoms with Gasteiger partial charge in [0.05, 0.1) is 18.8 Å². The number of nitrogens with one attached hydrogen (secondary N) is 3. The highest BCUT2D eigenvalue weighted by Gasteiger charge is 2.50. The number of aryl methyl sites for hydroxylation is 1. The number of carbonyl (C=O) groups excluding carboxylic acids is 2. The van der Waals surface area contributed by atoms with E-state index in [1.165, 1.54) is 17.9 Å². The summed E-state index contributed by atoms with van der Waals surface area (Å²) in [6, 6.07) is 0. The van der Waals surface area contributed by atoms with E-state index in [0.29, 0.717) is 19.5 Å². The number of aliphatic hydroxyl groups is 1. The number of alkyl carbamates (subject to hydrolysis) is 1. The predicted molar refractivity (Wildman–Crippen MR) is 154 cm³/mol. The lowest BCUT2D eigenvalue weighted by atomic mass is 10.0. The van der Waals surface area contributed by atoms with Gasteiger partial charge < -0.3 is 29.6 Å². The van der Waals surface area contributed by atoms with Crippen LogP contribution < -0.4 is 21.9 Å². The number of ether oxygens (including phenoxy) is 2. The number of hydrogen-bond acceptors (Lipinski definition) is 8. The quantitative estimate of drug-likeness (QED) is 0.192. The smallest absolute Gasteiger partial charge is 0.406 e. The number of aromatic amines is 1. The topological polar surface area (TPSA) is 161 Å². The summed E-state index contributed by atoms with van der Waals surface area (Å²) in [7, 11) is -1.01. The van der Waals surface area contributed by atoms with Gasteiger partial charge in [0, 0.05) is 32.3 Å². The molecule has 228 valence electrons. The molecule has 0 spiro atoms. The zero-order chi connectivity index (χ0) is 30.1. The van der Waals surface area contributed by atoms with Crippen molar-refractivity contribution in [3.8, 4) is 0 Å². The van der Waals surface area contributed by atoms with Crippen molar-refractivity contribution in [1.29, 1.82) is 0 Å². The molecule has 0 bridgehead atoms. The number of unbranched alkanes of at least 4 members (excludes halogenated alkanes) is 3. The van der Waals surface area contributed by atoms with E-state index in [0.717, 1.165) is 25.7 Å². The molecule has 1 aromatic heterocycles. The second-order valence-corrected chi connectivity index (χ2v) is 16.6. The van der Waals surface area contributed by atoms with E-state index in [1.54, 1.807) is 0 Å². The van der Waals surface area contributed by atoms with Gasteiger partial charge in [0.2, 0.25) is 5.91 Å². The molecule has 1 aliphatic rings. The first kappa shape index (κ1) is 33.7. The van der Waals surface area contributed by atoms with E-state index < -0.39 is 50.1 Å². The Morgan fingerprint density at radius 3 is 2.33 bits per heavy atom. The van der Waals surface area contributed by atoms with Crippen LogP contribution in [0.2, 0.25) is 18.1 Å². The Bertz CT molecular complexity index is 1100. The van der Waals surface area contributed by atoms with Gasteiger partial charge in [-0.1, -0.05) is 40.5 Å². The Morgan fingerprint density at radius 1 is 1.12 bits per heavy atom. The van der Waals surface area contributed by atoms with Crippen molar-refractivity contribution in [2.45, 2.75) is 115 Å². The summed E-state index contributed by atoms with van der Waals surface area (Å²) < 4.78 is 18.4. The van der Waals surface area contributed by atoms with Crippen molar-refractivity contribution in [3.05, 3.63) is 32.6 Å². The number of rotatable bonds is 14. The molecule has 13 heteroatoms. The van der Waals surface area contributed by atoms with E-state index in [9.17, 15) is 24.3 Å². The highest BCUT2D eigenvalue weighted by Crippen LogP contribution is 2.43. The zero-order valence-corrected chi connectivity index (χ0v) is 26.0. The van der Waals surface area contributed by atoms with Crippen molar-refractivity contribution in [3.63, 3.8) is 0 Å². The van der Waals surface area contributed by atoms with Crippen molar-refractivity contribution in [1.82, 2.24) is 20.2 Å². The second kappa shape index (κ2) is 14.9. The minimum absolute atomic E-state index is 0.0596. The molecular weight excluding hydrogens is 536 g/mol. The van der Waals surface area contributed by atoms with E-state index >= 15 is 0 Å². The maximum absolute atomic E-state index is 12.9. The maximum Gasteiger partial charge on any atom is 0.406 e. The van der Waals surface area contributed by atoms with Crippen LogP contribution in [0.5, 0.6) is 0 Å². The lowest BCUT2D eigenvalue weighted by Gasteiger charge is -2.40. The monoisotopic (exact) mass is 584 g/mol. The second-order valence-electron chi connectivity index (χ2n) is 11.8. The number of aromatic nitrogens is 2. The van der Waals surface area contributed by atoms with Crippen LogP contribution in [0.3, 0.4) is 0 Å². The summed E-state index contributed by atoms with van der Waals surface area (Å²) in [5, 5.41) is 16.4. The van der Waals surface area contributed by atoms with Gasteiger partial charge in [-0.2, -0.15) is 0 Å². The summed E-state index contributed by atoms with van der Waals surface area (Å²) in [4.78, 5) is 51.1. The summed E-state index contributed by atoms with van der Waals surface area (Å²) >= 11 is 0. The minimum Gasteiger partial charge on any atom is -0.453 e. The first-order valence-electron chi connectivity index (χ1n) is 14.1. The third-order valence-electron chi connectivity index (χ3n) is 7.78. The van der Waals surface area contributed by atoms with Crippen molar-refractivity contribution in [2.24, 2.45) is 0 Å². The largest absolute Gasteiger partial charge is 0.453 e. The number of amides is 2. The van der Waals surface area contributed by atoms with Crippen LogP contribution in [0, 0.1) is 0 Å². The number of H-pyrrole nitrogens is 1. The van der Waals surface area contributed by atoms with Gasteiger partial charge in [-0.3, -0.25) is 19.1 Å². The minimum atomic E-state index is -2.33. The SMILES string of the molecule is CC[C@H]1O[C@@H](c2cn(CCC(=O)NCCCCCCNC(=O)OC)c(=O)[nH]c2=O)[C@@H](O[Si](C)(C)C(C)(C)C)C1O. The molecule has 4 N–H and O–H groups in total. The first-order valence-corrected chi connectivity index (χ1v) is 17.1. The third-order valence-corrected chi connectivity index (χ3v) is 12.3. The Morgan fingerprint density at radius 2 is 1.75 bits per heavy atom. The summed E-state index contributed by atoms with van der Waals surface area (Å²) in [6.07, 6.45) is 1.98. The molecule has 0 aliphatic carbocycles. The molecule has 1 saturated heterocycles. The van der Waals surface area contributed by atoms with Crippen molar-refractivity contribution < 1.29 is 28.6 Å². The molecule has 1 aliphatic heterocycles. The van der Waals surface area contributed by atoms with Gasteiger partial charge in [0.25, 0.3) is 5.56 Å². The van der Waals surface area contributed by atoms with E-state index in [-0.39, 0.29) is 29.5 Å². The molecule has 0 aromatic carbocycles. The Balaban J connectivity index is 1.99. The van der Waals surface area contributed by atoms with Crippen LogP contribution >= 0.6 is 0 Å². The molecule has 1 fully saturated rings. The summed E-state index contributed by atoms with van der Waals surface area (Å²) in [6.45, 7) is 13.4. The fourth-order valence-electron chi connectivity index (χ4n) is 4.27. The third kappa shape index (κ3) is 9.28. The van der Waals surface area contributed by atoms with Gasteiger partial charge in [0.15, 0.2) is 8.32 Å². The molecule has 40 heavy (non-hydrogen) atoms. The molecule has 12 nitrogen and oxygen atoms in total. The molecule has 2 heterocycles. The van der Waals surface area contributed by atoms with E-state index in [1.807, 2.05) is 6.92 Å². The van der Waals surface area contributed by atoms with Gasteiger partial charge in [-0.05, 0) is 37.4 Å². The number of aliphatic hydroxyl groups excluding tert-OH is 1. The van der Waals surface area contributed by atoms with Crippen LogP contribution in [0.25, 0.3) is 0 Å². The fraction of sp³-hybridized carbons (Fsp3) is 0.778. The number of hydrogen-bond donors (Lipinski definition) is 4. The number of methoxy groups -OCH3 is 1. The average Bonchev–Trinajstić information content (AvgIpc) is 3.18. The number of nitrogens with zero attached hydrogens (tertiary/aromatic N) is 1. The average molecular weight is 585 g/mol. The molecule has 2 rings (SSSR count). The fourth-order valence-corrected chi connectivity index (χ4v) is 5.57. The van der Waals surface area contributed by atoms with Crippen LogP contribution in [0.4, 0.5) is 4.79 Å². The molecule has 2 amide bonds. The standard InChI is InChI=1S/C27H48N4O8Si/c1-8-19-21(33)23(39-40(6,7)27(2,3)4)22(38-19)18-17-31(25(35)30-24(18)34)16-13-20(32)28-14-11-9-10-12-15-29-26(36)37-5/h17,19,21-23,33H,8-16H2,1-7H3,(H,28,32)(H,29,36)(H,30,34,35)/t19-,21?,22+,23+/m1/s1. The lowest BCUT2D eigenvalue weighted by Crippen LogP contribution is -2.48. The Labute approximate surface area is 237 Å². The lowest BCUT2D eigenvalue weighted by molar-refractivity contribution is -0.121. The van der Waals surface area contributed by atoms with Gasteiger partial charge >= 0.3 is 11.8 Å². The highest BCUT2D eigenvalue weighted by molar-refractivity contribution is 6.74. The van der Waals surface area contributed by atoms with Crippen molar-refractivity contribution in [2.75, 3.05) is 20.2 Å². The van der Waals surface area contributed by atoms with E-state index in [2.05, 4.69) is 54.2 Å². The predicted octanol–water partition coefficient (Wildman–Crippen LogP) is 2.56. The number of carbonyl (C=O) groups is 2. The van der Waals surface area contributed by atoms with Gasteiger partial charge in [0.1, 0.15) is 18.3 Å². The Kier molecular flexibility index (Phi) is 12.6. The van der Waals surface area contributed by atoms with Crippen LogP contribution in [0.1, 0.15) is 77.9 Å². The van der Waals surface area contributed by atoms with Gasteiger partial charge in [-0.25, -0.2) is 9.59 Å². The summed E-state index contributed by atoms with van der Waals surface area (Å²) in [5.41, 5.74) is -1.01. The van der Waals surface area contributed by atoms with Crippen LogP contribution in [-0.2, 0) is 25.2 Å². The maximum atomic E-state index is 12.9. The van der Waals surface area contributed by atoms with Crippen molar-refractivity contribution >= 4 is 20.3 Å².